The Labute approximate surface area is 147 Å². The predicted molar refractivity (Wildman–Crippen MR) is 102 cm³/mol. The molecule has 0 bridgehead atoms. The summed E-state index contributed by atoms with van der Waals surface area (Å²) in [5.41, 5.74) is 9.66. The van der Waals surface area contributed by atoms with Crippen molar-refractivity contribution < 1.29 is 0 Å². The standard InChI is InChI=1S/C19H24N6/c1-14-11-21-17-16(14)18(24-13-23-17)25-9-7-19(20,8-10-25)12-22-15-5-3-2-4-6-15/h2-6,11,13,22H,7-10,12,20H2,1H3,(H,21,23,24). The third-order valence-electron chi connectivity index (χ3n) is 5.12. The van der Waals surface area contributed by atoms with E-state index in [-0.39, 0.29) is 5.54 Å². The third-order valence-corrected chi connectivity index (χ3v) is 5.12. The van der Waals surface area contributed by atoms with E-state index in [1.807, 2.05) is 24.4 Å². The van der Waals surface area contributed by atoms with E-state index < -0.39 is 0 Å². The molecule has 1 aromatic carbocycles. The Morgan fingerprint density at radius 3 is 2.72 bits per heavy atom. The summed E-state index contributed by atoms with van der Waals surface area (Å²) in [5.74, 6) is 1.02. The third kappa shape index (κ3) is 3.17. The van der Waals surface area contributed by atoms with Gasteiger partial charge in [-0.05, 0) is 37.5 Å². The molecule has 3 heterocycles. The molecule has 3 aromatic rings. The number of aromatic nitrogens is 3. The van der Waals surface area contributed by atoms with Crippen molar-refractivity contribution in [3.05, 3.63) is 48.4 Å². The van der Waals surface area contributed by atoms with Gasteiger partial charge in [-0.2, -0.15) is 0 Å². The first-order valence-corrected chi connectivity index (χ1v) is 8.76. The Kier molecular flexibility index (Phi) is 4.05. The van der Waals surface area contributed by atoms with E-state index in [0.29, 0.717) is 0 Å². The molecule has 1 aliphatic rings. The number of piperidine rings is 1. The monoisotopic (exact) mass is 336 g/mol. The maximum absolute atomic E-state index is 6.64. The Morgan fingerprint density at radius 2 is 1.96 bits per heavy atom. The summed E-state index contributed by atoms with van der Waals surface area (Å²) < 4.78 is 0. The van der Waals surface area contributed by atoms with Crippen molar-refractivity contribution in [1.82, 2.24) is 15.0 Å². The number of fused-ring (bicyclic) bond motifs is 1. The molecular weight excluding hydrogens is 312 g/mol. The SMILES string of the molecule is Cc1c[nH]c2ncnc(N3CCC(N)(CNc4ccccc4)CC3)c12. The lowest BCUT2D eigenvalue weighted by Crippen LogP contribution is -2.54. The molecule has 1 aliphatic heterocycles. The Bertz CT molecular complexity index is 849. The highest BCUT2D eigenvalue weighted by atomic mass is 15.2. The summed E-state index contributed by atoms with van der Waals surface area (Å²) >= 11 is 0. The van der Waals surface area contributed by atoms with E-state index in [2.05, 4.69) is 44.2 Å². The first-order chi connectivity index (χ1) is 12.1. The number of benzene rings is 1. The molecule has 25 heavy (non-hydrogen) atoms. The highest BCUT2D eigenvalue weighted by Gasteiger charge is 2.31. The van der Waals surface area contributed by atoms with Crippen LogP contribution in [0.1, 0.15) is 18.4 Å². The van der Waals surface area contributed by atoms with Gasteiger partial charge in [0.1, 0.15) is 17.8 Å². The molecule has 130 valence electrons. The zero-order valence-corrected chi connectivity index (χ0v) is 14.5. The number of aryl methyl sites for hydroxylation is 1. The minimum Gasteiger partial charge on any atom is -0.383 e. The van der Waals surface area contributed by atoms with E-state index in [9.17, 15) is 0 Å². The molecule has 0 aliphatic carbocycles. The van der Waals surface area contributed by atoms with Crippen molar-refractivity contribution in [3.63, 3.8) is 0 Å². The van der Waals surface area contributed by atoms with Crippen molar-refractivity contribution in [2.45, 2.75) is 25.3 Å². The van der Waals surface area contributed by atoms with Crippen LogP contribution in [0.4, 0.5) is 11.5 Å². The predicted octanol–water partition coefficient (Wildman–Crippen LogP) is 2.68. The highest BCUT2D eigenvalue weighted by Crippen LogP contribution is 2.30. The Hall–Kier alpha value is -2.60. The number of aromatic amines is 1. The minimum absolute atomic E-state index is 0.189. The van der Waals surface area contributed by atoms with Gasteiger partial charge in [-0.3, -0.25) is 0 Å². The lowest BCUT2D eigenvalue weighted by Gasteiger charge is -2.40. The van der Waals surface area contributed by atoms with Crippen LogP contribution in [0.2, 0.25) is 0 Å². The number of rotatable bonds is 4. The molecule has 4 N–H and O–H groups in total. The summed E-state index contributed by atoms with van der Waals surface area (Å²) in [4.78, 5) is 14.4. The zero-order valence-electron chi connectivity index (χ0n) is 14.5. The van der Waals surface area contributed by atoms with Crippen molar-refractivity contribution >= 4 is 22.5 Å². The van der Waals surface area contributed by atoms with Crippen LogP contribution in [0.3, 0.4) is 0 Å². The lowest BCUT2D eigenvalue weighted by atomic mass is 9.88. The molecule has 6 heteroatoms. The number of nitrogens with one attached hydrogen (secondary N) is 2. The van der Waals surface area contributed by atoms with Gasteiger partial charge >= 0.3 is 0 Å². The van der Waals surface area contributed by atoms with Gasteiger partial charge in [-0.25, -0.2) is 9.97 Å². The van der Waals surface area contributed by atoms with Crippen molar-refractivity contribution in [1.29, 1.82) is 0 Å². The molecule has 0 saturated carbocycles. The van der Waals surface area contributed by atoms with Crippen molar-refractivity contribution in [2.75, 3.05) is 29.9 Å². The second-order valence-corrected chi connectivity index (χ2v) is 6.96. The molecule has 2 aromatic heterocycles. The van der Waals surface area contributed by atoms with Gasteiger partial charge in [0.15, 0.2) is 0 Å². The number of nitrogens with two attached hydrogens (primary N) is 1. The molecule has 1 fully saturated rings. The summed E-state index contributed by atoms with van der Waals surface area (Å²) in [6, 6.07) is 10.2. The average Bonchev–Trinajstić information content (AvgIpc) is 3.03. The van der Waals surface area contributed by atoms with Crippen LogP contribution in [-0.4, -0.2) is 40.1 Å². The number of para-hydroxylation sites is 1. The second-order valence-electron chi connectivity index (χ2n) is 6.96. The number of hydrogen-bond acceptors (Lipinski definition) is 5. The Morgan fingerprint density at radius 1 is 1.20 bits per heavy atom. The fourth-order valence-corrected chi connectivity index (χ4v) is 3.51. The van der Waals surface area contributed by atoms with Crippen LogP contribution < -0.4 is 16.0 Å². The summed E-state index contributed by atoms with van der Waals surface area (Å²) in [6.45, 7) is 4.69. The van der Waals surface area contributed by atoms with Gasteiger partial charge in [0.25, 0.3) is 0 Å². The maximum Gasteiger partial charge on any atom is 0.143 e. The van der Waals surface area contributed by atoms with Crippen LogP contribution in [0, 0.1) is 6.92 Å². The van der Waals surface area contributed by atoms with Gasteiger partial charge < -0.3 is 20.9 Å². The van der Waals surface area contributed by atoms with Crippen LogP contribution in [0.5, 0.6) is 0 Å². The number of nitrogens with zero attached hydrogens (tertiary/aromatic N) is 3. The molecule has 0 amide bonds. The van der Waals surface area contributed by atoms with Gasteiger partial charge in [-0.1, -0.05) is 18.2 Å². The summed E-state index contributed by atoms with van der Waals surface area (Å²) in [7, 11) is 0. The first kappa shape index (κ1) is 15.9. The van der Waals surface area contributed by atoms with Gasteiger partial charge in [0, 0.05) is 37.1 Å². The summed E-state index contributed by atoms with van der Waals surface area (Å²) in [5, 5.41) is 4.59. The number of H-pyrrole nitrogens is 1. The van der Waals surface area contributed by atoms with Gasteiger partial charge in [0.05, 0.1) is 5.39 Å². The van der Waals surface area contributed by atoms with Crippen LogP contribution in [0.25, 0.3) is 11.0 Å². The van der Waals surface area contributed by atoms with E-state index in [1.54, 1.807) is 6.33 Å². The summed E-state index contributed by atoms with van der Waals surface area (Å²) in [6.07, 6.45) is 5.49. The van der Waals surface area contributed by atoms with Crippen LogP contribution >= 0.6 is 0 Å². The molecular formula is C19H24N6. The minimum atomic E-state index is -0.189. The molecule has 0 radical (unpaired) electrons. The highest BCUT2D eigenvalue weighted by molar-refractivity contribution is 5.90. The first-order valence-electron chi connectivity index (χ1n) is 8.76. The molecule has 6 nitrogen and oxygen atoms in total. The lowest BCUT2D eigenvalue weighted by molar-refractivity contribution is 0.350. The molecule has 0 spiro atoms. The topological polar surface area (TPSA) is 82.9 Å². The Balaban J connectivity index is 1.44. The van der Waals surface area contributed by atoms with E-state index >= 15 is 0 Å². The average molecular weight is 336 g/mol. The van der Waals surface area contributed by atoms with E-state index in [0.717, 1.165) is 55.0 Å². The second kappa shape index (κ2) is 6.37. The van der Waals surface area contributed by atoms with Crippen molar-refractivity contribution in [2.24, 2.45) is 5.73 Å². The normalized spacial score (nSPS) is 17.0. The quantitative estimate of drug-likeness (QED) is 0.682. The van der Waals surface area contributed by atoms with Crippen LogP contribution in [0.15, 0.2) is 42.9 Å². The molecule has 4 rings (SSSR count). The number of hydrogen-bond donors (Lipinski definition) is 3. The molecule has 1 saturated heterocycles. The zero-order chi connectivity index (χ0) is 17.3. The van der Waals surface area contributed by atoms with Gasteiger partial charge in [0.2, 0.25) is 0 Å². The molecule has 0 atom stereocenters. The fourth-order valence-electron chi connectivity index (χ4n) is 3.51. The smallest absolute Gasteiger partial charge is 0.143 e. The largest absolute Gasteiger partial charge is 0.383 e. The van der Waals surface area contributed by atoms with Gasteiger partial charge in [-0.15, -0.1) is 0 Å². The number of anilines is 2. The van der Waals surface area contributed by atoms with E-state index in [4.69, 9.17) is 5.73 Å². The fraction of sp³-hybridized carbons (Fsp3) is 0.368. The van der Waals surface area contributed by atoms with Crippen molar-refractivity contribution in [3.8, 4) is 0 Å². The van der Waals surface area contributed by atoms with E-state index in [1.165, 1.54) is 5.56 Å². The maximum atomic E-state index is 6.64. The molecule has 0 unspecified atom stereocenters. The van der Waals surface area contributed by atoms with Crippen LogP contribution in [-0.2, 0) is 0 Å².